The van der Waals surface area contributed by atoms with E-state index in [4.69, 9.17) is 0 Å². The van der Waals surface area contributed by atoms with Gasteiger partial charge in [-0.15, -0.1) is 11.8 Å². The maximum absolute atomic E-state index is 11.8. The fourth-order valence-corrected chi connectivity index (χ4v) is 3.76. The second-order valence-electron chi connectivity index (χ2n) is 4.94. The third-order valence-electron chi connectivity index (χ3n) is 3.14. The Labute approximate surface area is 129 Å². The van der Waals surface area contributed by atoms with Crippen LogP contribution in [0.3, 0.4) is 0 Å². The van der Waals surface area contributed by atoms with Crippen molar-refractivity contribution < 1.29 is 4.79 Å². The van der Waals surface area contributed by atoms with Crippen LogP contribution >= 0.6 is 23.5 Å². The molecule has 0 radical (unpaired) electrons. The second kappa shape index (κ2) is 8.60. The molecule has 1 aromatic carbocycles. The molecule has 1 aliphatic rings. The summed E-state index contributed by atoms with van der Waals surface area (Å²) in [5.74, 6) is 3.29. The Kier molecular flexibility index (Phi) is 6.76. The van der Waals surface area contributed by atoms with E-state index in [-0.39, 0.29) is 5.91 Å². The molecule has 1 fully saturated rings. The number of aryl methyl sites for hydroxylation is 1. The highest BCUT2D eigenvalue weighted by Gasteiger charge is 2.16. The van der Waals surface area contributed by atoms with Gasteiger partial charge in [-0.25, -0.2) is 0 Å². The van der Waals surface area contributed by atoms with Gasteiger partial charge in [0.25, 0.3) is 0 Å². The van der Waals surface area contributed by atoms with Gasteiger partial charge in [0.05, 0.1) is 0 Å². The van der Waals surface area contributed by atoms with Crippen LogP contribution in [-0.2, 0) is 4.79 Å². The smallest absolute Gasteiger partial charge is 0.221 e. The number of carbonyl (C=O) groups is 1. The number of hydrogen-bond acceptors (Lipinski definition) is 4. The van der Waals surface area contributed by atoms with Crippen LogP contribution in [0.15, 0.2) is 29.2 Å². The molecule has 1 atom stereocenters. The summed E-state index contributed by atoms with van der Waals surface area (Å²) in [4.78, 5) is 13.1. The summed E-state index contributed by atoms with van der Waals surface area (Å²) >= 11 is 3.71. The minimum atomic E-state index is 0.162. The Balaban J connectivity index is 1.58. The number of carbonyl (C=O) groups excluding carboxylic acids is 1. The van der Waals surface area contributed by atoms with E-state index >= 15 is 0 Å². The fourth-order valence-electron chi connectivity index (χ4n) is 2.04. The van der Waals surface area contributed by atoms with Gasteiger partial charge in [-0.3, -0.25) is 4.79 Å². The molecular weight excluding hydrogens is 288 g/mol. The molecule has 0 spiro atoms. The molecule has 1 amide bonds. The first-order valence-corrected chi connectivity index (χ1v) is 9.15. The van der Waals surface area contributed by atoms with Crippen LogP contribution in [0.25, 0.3) is 0 Å². The molecule has 1 aromatic rings. The first-order valence-electron chi connectivity index (χ1n) is 7.01. The lowest BCUT2D eigenvalue weighted by Crippen LogP contribution is -2.41. The lowest BCUT2D eigenvalue weighted by molar-refractivity contribution is -0.121. The Bertz CT molecular complexity index is 416. The Morgan fingerprint density at radius 3 is 2.95 bits per heavy atom. The van der Waals surface area contributed by atoms with Gasteiger partial charge in [0, 0.05) is 47.7 Å². The van der Waals surface area contributed by atoms with Crippen LogP contribution in [0, 0.1) is 6.92 Å². The molecule has 1 unspecified atom stereocenters. The number of nitrogens with one attached hydrogen (secondary N) is 2. The van der Waals surface area contributed by atoms with Crippen molar-refractivity contribution in [2.45, 2.75) is 24.3 Å². The molecule has 0 bridgehead atoms. The zero-order chi connectivity index (χ0) is 14.2. The lowest BCUT2D eigenvalue weighted by Gasteiger charge is -2.22. The van der Waals surface area contributed by atoms with Gasteiger partial charge in [0.2, 0.25) is 5.91 Å². The van der Waals surface area contributed by atoms with Crippen molar-refractivity contribution in [2.24, 2.45) is 0 Å². The van der Waals surface area contributed by atoms with E-state index < -0.39 is 0 Å². The molecule has 1 saturated heterocycles. The van der Waals surface area contributed by atoms with Crippen molar-refractivity contribution in [2.75, 3.05) is 30.3 Å². The van der Waals surface area contributed by atoms with E-state index in [0.717, 1.165) is 30.3 Å². The van der Waals surface area contributed by atoms with Crippen molar-refractivity contribution in [3.05, 3.63) is 29.8 Å². The van der Waals surface area contributed by atoms with Crippen molar-refractivity contribution in [1.82, 2.24) is 10.6 Å². The zero-order valence-electron chi connectivity index (χ0n) is 11.9. The molecule has 5 heteroatoms. The van der Waals surface area contributed by atoms with Crippen LogP contribution in [0.4, 0.5) is 0 Å². The second-order valence-corrected chi connectivity index (χ2v) is 7.26. The minimum Gasteiger partial charge on any atom is -0.355 e. The quantitative estimate of drug-likeness (QED) is 0.625. The van der Waals surface area contributed by atoms with Gasteiger partial charge in [0.15, 0.2) is 0 Å². The maximum atomic E-state index is 11.8. The average Bonchev–Trinajstić information content (AvgIpc) is 2.46. The maximum Gasteiger partial charge on any atom is 0.221 e. The SMILES string of the molecule is Cc1ccc(SCCNC(=O)CC2CSCCN2)cc1. The van der Waals surface area contributed by atoms with E-state index in [0.29, 0.717) is 12.5 Å². The number of thioether (sulfide) groups is 2. The molecular formula is C15H22N2OS2. The van der Waals surface area contributed by atoms with Crippen LogP contribution in [-0.4, -0.2) is 42.3 Å². The van der Waals surface area contributed by atoms with Gasteiger partial charge in [-0.05, 0) is 19.1 Å². The van der Waals surface area contributed by atoms with Gasteiger partial charge >= 0.3 is 0 Å². The van der Waals surface area contributed by atoms with E-state index in [1.54, 1.807) is 11.8 Å². The molecule has 3 nitrogen and oxygen atoms in total. The highest BCUT2D eigenvalue weighted by molar-refractivity contribution is 7.99. The molecule has 0 saturated carbocycles. The number of amides is 1. The first kappa shape index (κ1) is 15.7. The first-order chi connectivity index (χ1) is 9.74. The van der Waals surface area contributed by atoms with Gasteiger partial charge < -0.3 is 10.6 Å². The summed E-state index contributed by atoms with van der Waals surface area (Å²) in [6.45, 7) is 3.84. The Morgan fingerprint density at radius 2 is 2.25 bits per heavy atom. The summed E-state index contributed by atoms with van der Waals surface area (Å²) in [6, 6.07) is 8.84. The predicted octanol–water partition coefficient (Wildman–Crippen LogP) is 2.30. The molecule has 20 heavy (non-hydrogen) atoms. The van der Waals surface area contributed by atoms with Gasteiger partial charge in [-0.1, -0.05) is 17.7 Å². The zero-order valence-corrected chi connectivity index (χ0v) is 13.5. The lowest BCUT2D eigenvalue weighted by atomic mass is 10.2. The van der Waals surface area contributed by atoms with E-state index in [9.17, 15) is 4.79 Å². The summed E-state index contributed by atoms with van der Waals surface area (Å²) in [6.07, 6.45) is 0.599. The van der Waals surface area contributed by atoms with Crippen molar-refractivity contribution in [1.29, 1.82) is 0 Å². The van der Waals surface area contributed by atoms with Gasteiger partial charge in [0.1, 0.15) is 0 Å². The highest BCUT2D eigenvalue weighted by Crippen LogP contribution is 2.17. The number of benzene rings is 1. The van der Waals surface area contributed by atoms with Crippen LogP contribution < -0.4 is 10.6 Å². The molecule has 110 valence electrons. The monoisotopic (exact) mass is 310 g/mol. The molecule has 2 N–H and O–H groups in total. The van der Waals surface area contributed by atoms with E-state index in [2.05, 4.69) is 41.8 Å². The van der Waals surface area contributed by atoms with Crippen LogP contribution in [0.5, 0.6) is 0 Å². The van der Waals surface area contributed by atoms with Crippen LogP contribution in [0.1, 0.15) is 12.0 Å². The summed E-state index contributed by atoms with van der Waals surface area (Å²) in [7, 11) is 0. The molecule has 2 rings (SSSR count). The van der Waals surface area contributed by atoms with E-state index in [1.165, 1.54) is 10.5 Å². The van der Waals surface area contributed by atoms with Crippen molar-refractivity contribution in [3.8, 4) is 0 Å². The highest BCUT2D eigenvalue weighted by atomic mass is 32.2. The topological polar surface area (TPSA) is 41.1 Å². The standard InChI is InChI=1S/C15H22N2OS2/c1-12-2-4-14(5-3-12)20-9-7-17-15(18)10-13-11-19-8-6-16-13/h2-5,13,16H,6-11H2,1H3,(H,17,18). The predicted molar refractivity (Wildman–Crippen MR) is 88.6 cm³/mol. The fraction of sp³-hybridized carbons (Fsp3) is 0.533. The van der Waals surface area contributed by atoms with E-state index in [1.807, 2.05) is 11.8 Å². The minimum absolute atomic E-state index is 0.162. The number of rotatable bonds is 6. The van der Waals surface area contributed by atoms with Gasteiger partial charge in [-0.2, -0.15) is 11.8 Å². The van der Waals surface area contributed by atoms with Crippen molar-refractivity contribution in [3.63, 3.8) is 0 Å². The summed E-state index contributed by atoms with van der Waals surface area (Å²) in [5.41, 5.74) is 1.28. The third kappa shape index (κ3) is 5.77. The number of hydrogen-bond donors (Lipinski definition) is 2. The largest absolute Gasteiger partial charge is 0.355 e. The Hall–Kier alpha value is -0.650. The molecule has 0 aliphatic carbocycles. The van der Waals surface area contributed by atoms with Crippen molar-refractivity contribution >= 4 is 29.4 Å². The normalized spacial score (nSPS) is 18.8. The molecule has 0 aromatic heterocycles. The Morgan fingerprint density at radius 1 is 1.45 bits per heavy atom. The summed E-state index contributed by atoms with van der Waals surface area (Å²) < 4.78 is 0. The molecule has 1 aliphatic heterocycles. The average molecular weight is 310 g/mol. The van der Waals surface area contributed by atoms with Crippen LogP contribution in [0.2, 0.25) is 0 Å². The molecule has 1 heterocycles. The third-order valence-corrected chi connectivity index (χ3v) is 5.29. The summed E-state index contributed by atoms with van der Waals surface area (Å²) in [5, 5.41) is 6.39.